The molecule has 0 bridgehead atoms. The molecule has 0 spiro atoms. The van der Waals surface area contributed by atoms with Crippen molar-refractivity contribution in [1.29, 1.82) is 0 Å². The van der Waals surface area contributed by atoms with Gasteiger partial charge in [0.05, 0.1) is 11.2 Å². The maximum Gasteiger partial charge on any atom is 0.160 e. The molecule has 6 heteroatoms. The highest BCUT2D eigenvalue weighted by Crippen LogP contribution is 2.26. The third kappa shape index (κ3) is 1.38. The van der Waals surface area contributed by atoms with Gasteiger partial charge in [-0.05, 0) is 12.1 Å². The molecule has 5 nitrogen and oxygen atoms in total. The second-order valence-corrected chi connectivity index (χ2v) is 4.28. The molecule has 0 atom stereocenters. The maximum absolute atomic E-state index is 5.87. The molecule has 0 radical (unpaired) electrons. The van der Waals surface area contributed by atoms with Crippen LogP contribution in [0.1, 0.15) is 0 Å². The minimum absolute atomic E-state index is 0.621. The zero-order chi connectivity index (χ0) is 11.1. The van der Waals surface area contributed by atoms with Gasteiger partial charge in [0.15, 0.2) is 5.82 Å². The van der Waals surface area contributed by atoms with Gasteiger partial charge in [-0.25, -0.2) is 4.98 Å². The molecule has 80 valence electrons. The fourth-order valence-corrected chi connectivity index (χ4v) is 2.04. The molecular formula is C10H7BrN4O. The molecule has 2 heterocycles. The van der Waals surface area contributed by atoms with Gasteiger partial charge in [0.25, 0.3) is 0 Å². The topological polar surface area (TPSA) is 80.7 Å². The summed E-state index contributed by atoms with van der Waals surface area (Å²) in [6.45, 7) is 0. The molecule has 16 heavy (non-hydrogen) atoms. The fourth-order valence-electron chi connectivity index (χ4n) is 1.56. The molecule has 0 aliphatic rings. The summed E-state index contributed by atoms with van der Waals surface area (Å²) in [5.74, 6) is 0.647. The first-order valence-electron chi connectivity index (χ1n) is 4.59. The molecule has 0 saturated heterocycles. The first kappa shape index (κ1) is 9.41. The Balaban J connectivity index is 2.27. The van der Waals surface area contributed by atoms with E-state index in [1.807, 2.05) is 12.1 Å². The Labute approximate surface area is 98.8 Å². The van der Waals surface area contributed by atoms with Crippen LogP contribution < -0.4 is 5.73 Å². The molecule has 3 rings (SSSR count). The number of anilines is 1. The van der Waals surface area contributed by atoms with E-state index in [1.165, 1.54) is 6.26 Å². The van der Waals surface area contributed by atoms with Crippen LogP contribution in [0.5, 0.6) is 0 Å². The molecule has 3 N–H and O–H groups in total. The largest absolute Gasteiger partial charge is 0.397 e. The van der Waals surface area contributed by atoms with Crippen molar-refractivity contribution in [2.24, 2.45) is 0 Å². The number of nitrogen functional groups attached to an aromatic ring is 1. The second-order valence-electron chi connectivity index (χ2n) is 3.36. The standard InChI is InChI=1S/C10H7BrN4O/c11-5-3-6(12)9-8(4-5)13-10(14-9)7-1-2-16-15-7/h1-4H,12H2,(H,13,14). The monoisotopic (exact) mass is 278 g/mol. The normalized spacial score (nSPS) is 11.1. The molecule has 0 aliphatic heterocycles. The summed E-state index contributed by atoms with van der Waals surface area (Å²) in [5, 5.41) is 3.81. The van der Waals surface area contributed by atoms with Crippen molar-refractivity contribution in [2.45, 2.75) is 0 Å². The van der Waals surface area contributed by atoms with E-state index in [4.69, 9.17) is 10.3 Å². The number of H-pyrrole nitrogens is 1. The van der Waals surface area contributed by atoms with Gasteiger partial charge in [-0.15, -0.1) is 0 Å². The molecule has 1 aromatic carbocycles. The smallest absolute Gasteiger partial charge is 0.160 e. The van der Waals surface area contributed by atoms with Crippen molar-refractivity contribution in [3.63, 3.8) is 0 Å². The van der Waals surface area contributed by atoms with Crippen LogP contribution in [0.15, 0.2) is 33.5 Å². The van der Waals surface area contributed by atoms with Crippen LogP contribution in [-0.2, 0) is 0 Å². The summed E-state index contributed by atoms with van der Waals surface area (Å²) >= 11 is 3.38. The number of nitrogens with two attached hydrogens (primary N) is 1. The minimum atomic E-state index is 0.621. The highest BCUT2D eigenvalue weighted by molar-refractivity contribution is 9.10. The number of imidazole rings is 1. The van der Waals surface area contributed by atoms with Crippen LogP contribution >= 0.6 is 15.9 Å². The lowest BCUT2D eigenvalue weighted by molar-refractivity contribution is 0.422. The Kier molecular flexibility index (Phi) is 1.97. The van der Waals surface area contributed by atoms with E-state index in [2.05, 4.69) is 31.1 Å². The molecule has 0 fully saturated rings. The molecule has 2 aromatic heterocycles. The third-order valence-corrected chi connectivity index (χ3v) is 2.72. The van der Waals surface area contributed by atoms with Crippen molar-refractivity contribution < 1.29 is 4.52 Å². The van der Waals surface area contributed by atoms with E-state index in [9.17, 15) is 0 Å². The molecule has 3 aromatic rings. The SMILES string of the molecule is Nc1cc(Br)cc2[nH]c(-c3ccon3)nc12. The van der Waals surface area contributed by atoms with Crippen LogP contribution in [0.3, 0.4) is 0 Å². The fraction of sp³-hybridized carbons (Fsp3) is 0. The number of hydrogen-bond donors (Lipinski definition) is 2. The van der Waals surface area contributed by atoms with E-state index in [0.29, 0.717) is 17.2 Å². The summed E-state index contributed by atoms with van der Waals surface area (Å²) in [6, 6.07) is 5.47. The molecule has 0 saturated carbocycles. The number of rotatable bonds is 1. The average molecular weight is 279 g/mol. The van der Waals surface area contributed by atoms with Gasteiger partial charge in [0.1, 0.15) is 17.5 Å². The number of benzene rings is 1. The first-order valence-corrected chi connectivity index (χ1v) is 5.39. The Morgan fingerprint density at radius 3 is 3.00 bits per heavy atom. The first-order chi connectivity index (χ1) is 7.74. The number of fused-ring (bicyclic) bond motifs is 1. The number of hydrogen-bond acceptors (Lipinski definition) is 4. The molecular weight excluding hydrogens is 272 g/mol. The van der Waals surface area contributed by atoms with E-state index >= 15 is 0 Å². The summed E-state index contributed by atoms with van der Waals surface area (Å²) in [5.41, 5.74) is 8.75. The maximum atomic E-state index is 5.87. The van der Waals surface area contributed by atoms with Crippen LogP contribution in [0.25, 0.3) is 22.6 Å². The van der Waals surface area contributed by atoms with E-state index in [1.54, 1.807) is 6.07 Å². The minimum Gasteiger partial charge on any atom is -0.397 e. The van der Waals surface area contributed by atoms with Gasteiger partial charge in [-0.1, -0.05) is 21.1 Å². The van der Waals surface area contributed by atoms with E-state index in [-0.39, 0.29) is 0 Å². The van der Waals surface area contributed by atoms with Crippen molar-refractivity contribution in [3.05, 3.63) is 28.9 Å². The van der Waals surface area contributed by atoms with Crippen molar-refractivity contribution >= 4 is 32.7 Å². The number of halogens is 1. The predicted molar refractivity (Wildman–Crippen MR) is 63.7 cm³/mol. The van der Waals surface area contributed by atoms with Gasteiger partial charge >= 0.3 is 0 Å². The summed E-state index contributed by atoms with van der Waals surface area (Å²) in [6.07, 6.45) is 1.50. The van der Waals surface area contributed by atoms with Gasteiger partial charge in [-0.3, -0.25) is 0 Å². The Morgan fingerprint density at radius 2 is 2.25 bits per heavy atom. The average Bonchev–Trinajstić information content (AvgIpc) is 2.82. The zero-order valence-electron chi connectivity index (χ0n) is 8.07. The number of nitrogens with one attached hydrogen (secondary N) is 1. The van der Waals surface area contributed by atoms with Crippen molar-refractivity contribution in [1.82, 2.24) is 15.1 Å². The van der Waals surface area contributed by atoms with Gasteiger partial charge < -0.3 is 15.2 Å². The summed E-state index contributed by atoms with van der Waals surface area (Å²) in [7, 11) is 0. The Hall–Kier alpha value is -1.82. The third-order valence-electron chi connectivity index (χ3n) is 2.26. The molecule has 0 unspecified atom stereocenters. The Bertz CT molecular complexity index is 644. The highest BCUT2D eigenvalue weighted by Gasteiger charge is 2.10. The van der Waals surface area contributed by atoms with Crippen LogP contribution in [0.2, 0.25) is 0 Å². The zero-order valence-corrected chi connectivity index (χ0v) is 9.65. The number of aromatic nitrogens is 3. The quantitative estimate of drug-likeness (QED) is 0.671. The molecule has 0 aliphatic carbocycles. The lowest BCUT2D eigenvalue weighted by Crippen LogP contribution is -1.86. The number of aromatic amines is 1. The van der Waals surface area contributed by atoms with Gasteiger partial charge in [0.2, 0.25) is 0 Å². The number of nitrogens with zero attached hydrogens (tertiary/aromatic N) is 2. The Morgan fingerprint density at radius 1 is 1.38 bits per heavy atom. The van der Waals surface area contributed by atoms with E-state index < -0.39 is 0 Å². The highest BCUT2D eigenvalue weighted by atomic mass is 79.9. The van der Waals surface area contributed by atoms with Crippen LogP contribution in [-0.4, -0.2) is 15.1 Å². The molecule has 0 amide bonds. The second kappa shape index (κ2) is 3.34. The van der Waals surface area contributed by atoms with Crippen LogP contribution in [0, 0.1) is 0 Å². The van der Waals surface area contributed by atoms with Crippen molar-refractivity contribution in [3.8, 4) is 11.5 Å². The lowest BCUT2D eigenvalue weighted by atomic mass is 10.3. The van der Waals surface area contributed by atoms with E-state index in [0.717, 1.165) is 15.5 Å². The summed E-state index contributed by atoms with van der Waals surface area (Å²) in [4.78, 5) is 7.51. The van der Waals surface area contributed by atoms with Crippen LogP contribution in [0.4, 0.5) is 5.69 Å². The van der Waals surface area contributed by atoms with Gasteiger partial charge in [-0.2, -0.15) is 0 Å². The summed E-state index contributed by atoms with van der Waals surface area (Å²) < 4.78 is 5.68. The predicted octanol–water partition coefficient (Wildman–Crippen LogP) is 2.56. The lowest BCUT2D eigenvalue weighted by Gasteiger charge is -1.94. The van der Waals surface area contributed by atoms with Gasteiger partial charge in [0, 0.05) is 10.5 Å². The van der Waals surface area contributed by atoms with Crippen molar-refractivity contribution in [2.75, 3.05) is 5.73 Å².